The molecule has 0 atom stereocenters. The number of carbonyl (C=O) groups excluding carboxylic acids is 1. The molecule has 0 spiro atoms. The van der Waals surface area contributed by atoms with Crippen LogP contribution in [0, 0.1) is 6.92 Å². The second-order valence-corrected chi connectivity index (χ2v) is 3.89. The summed E-state index contributed by atoms with van der Waals surface area (Å²) in [6.45, 7) is 1.95. The largest absolute Gasteiger partial charge is 0.399 e. The summed E-state index contributed by atoms with van der Waals surface area (Å²) in [5.41, 5.74) is 8.64. The minimum absolute atomic E-state index is 0. The van der Waals surface area contributed by atoms with Crippen molar-refractivity contribution in [2.24, 2.45) is 0 Å². The molecule has 3 nitrogen and oxygen atoms in total. The van der Waals surface area contributed by atoms with Crippen LogP contribution in [0.4, 0.5) is 11.4 Å². The first kappa shape index (κ1) is 14.1. The third-order valence-electron chi connectivity index (χ3n) is 2.54. The molecular weight excluding hydrogens is 248 g/mol. The van der Waals surface area contributed by atoms with Crippen LogP contribution in [-0.4, -0.2) is 5.91 Å². The monoisotopic (exact) mass is 262 g/mol. The fraction of sp³-hybridized carbons (Fsp3) is 0.0714. The molecule has 2 aromatic carbocycles. The van der Waals surface area contributed by atoms with Crippen molar-refractivity contribution in [2.45, 2.75) is 6.92 Å². The van der Waals surface area contributed by atoms with E-state index in [1.807, 2.05) is 31.2 Å². The summed E-state index contributed by atoms with van der Waals surface area (Å²) >= 11 is 0. The van der Waals surface area contributed by atoms with Gasteiger partial charge in [-0.15, -0.1) is 12.4 Å². The third-order valence-corrected chi connectivity index (χ3v) is 2.54. The van der Waals surface area contributed by atoms with Crippen molar-refractivity contribution in [3.8, 4) is 0 Å². The Morgan fingerprint density at radius 1 is 1.11 bits per heavy atom. The number of benzene rings is 2. The number of anilines is 2. The third kappa shape index (κ3) is 3.25. The predicted molar refractivity (Wildman–Crippen MR) is 77.2 cm³/mol. The fourth-order valence-electron chi connectivity index (χ4n) is 1.59. The van der Waals surface area contributed by atoms with Gasteiger partial charge in [-0.1, -0.05) is 24.3 Å². The number of rotatable bonds is 2. The van der Waals surface area contributed by atoms with Crippen LogP contribution >= 0.6 is 12.4 Å². The summed E-state index contributed by atoms with van der Waals surface area (Å²) in [5, 5.41) is 2.86. The Kier molecular flexibility index (Phi) is 4.75. The van der Waals surface area contributed by atoms with Crippen molar-refractivity contribution in [2.75, 3.05) is 11.1 Å². The number of aryl methyl sites for hydroxylation is 1. The first-order valence-corrected chi connectivity index (χ1v) is 5.39. The van der Waals surface area contributed by atoms with Gasteiger partial charge in [-0.25, -0.2) is 0 Å². The lowest BCUT2D eigenvalue weighted by molar-refractivity contribution is 0.102. The molecule has 4 heteroatoms. The molecule has 0 bridgehead atoms. The molecule has 2 rings (SSSR count). The van der Waals surface area contributed by atoms with Gasteiger partial charge in [-0.3, -0.25) is 4.79 Å². The quantitative estimate of drug-likeness (QED) is 0.817. The van der Waals surface area contributed by atoms with Crippen molar-refractivity contribution in [3.05, 3.63) is 59.7 Å². The molecule has 18 heavy (non-hydrogen) atoms. The van der Waals surface area contributed by atoms with Crippen LogP contribution in [0.3, 0.4) is 0 Å². The zero-order chi connectivity index (χ0) is 12.3. The van der Waals surface area contributed by atoms with E-state index in [2.05, 4.69) is 5.32 Å². The molecule has 0 aromatic heterocycles. The van der Waals surface area contributed by atoms with Crippen LogP contribution in [0.25, 0.3) is 0 Å². The predicted octanol–water partition coefficient (Wildman–Crippen LogP) is 3.25. The molecule has 0 aliphatic heterocycles. The number of halogens is 1. The molecule has 0 radical (unpaired) electrons. The van der Waals surface area contributed by atoms with Gasteiger partial charge in [0.1, 0.15) is 0 Å². The normalized spacial score (nSPS) is 9.39. The summed E-state index contributed by atoms with van der Waals surface area (Å²) < 4.78 is 0. The number of nitrogen functional groups attached to an aromatic ring is 1. The summed E-state index contributed by atoms with van der Waals surface area (Å²) in [5.74, 6) is -0.147. The van der Waals surface area contributed by atoms with Crippen LogP contribution in [0.1, 0.15) is 15.9 Å². The van der Waals surface area contributed by atoms with E-state index in [4.69, 9.17) is 5.73 Å². The second-order valence-electron chi connectivity index (χ2n) is 3.89. The lowest BCUT2D eigenvalue weighted by Gasteiger charge is -2.08. The molecule has 1 amide bonds. The number of para-hydroxylation sites is 1. The minimum Gasteiger partial charge on any atom is -0.399 e. The number of carbonyl (C=O) groups is 1. The Hall–Kier alpha value is -2.00. The first-order valence-electron chi connectivity index (χ1n) is 5.39. The van der Waals surface area contributed by atoms with Crippen molar-refractivity contribution in [3.63, 3.8) is 0 Å². The highest BCUT2D eigenvalue weighted by Gasteiger charge is 2.06. The summed E-state index contributed by atoms with van der Waals surface area (Å²) in [6.07, 6.45) is 0. The SMILES string of the molecule is Cc1ccccc1NC(=O)c1cccc(N)c1.Cl. The minimum atomic E-state index is -0.147. The Morgan fingerprint density at radius 3 is 2.50 bits per heavy atom. The average molecular weight is 263 g/mol. The van der Waals surface area contributed by atoms with E-state index < -0.39 is 0 Å². The van der Waals surface area contributed by atoms with Gasteiger partial charge in [0.05, 0.1) is 0 Å². The molecule has 2 aromatic rings. The molecule has 0 aliphatic carbocycles. The fourth-order valence-corrected chi connectivity index (χ4v) is 1.59. The van der Waals surface area contributed by atoms with Gasteiger partial charge in [0.25, 0.3) is 5.91 Å². The van der Waals surface area contributed by atoms with E-state index in [9.17, 15) is 4.79 Å². The Morgan fingerprint density at radius 2 is 1.83 bits per heavy atom. The molecule has 94 valence electrons. The molecule has 0 aliphatic rings. The summed E-state index contributed by atoms with van der Waals surface area (Å²) in [6, 6.07) is 14.6. The highest BCUT2D eigenvalue weighted by atomic mass is 35.5. The molecule has 0 fully saturated rings. The van der Waals surface area contributed by atoms with Crippen LogP contribution in [0.15, 0.2) is 48.5 Å². The smallest absolute Gasteiger partial charge is 0.255 e. The summed E-state index contributed by atoms with van der Waals surface area (Å²) in [7, 11) is 0. The van der Waals surface area contributed by atoms with E-state index >= 15 is 0 Å². The number of nitrogens with two attached hydrogens (primary N) is 1. The van der Waals surface area contributed by atoms with E-state index in [0.29, 0.717) is 11.3 Å². The number of hydrogen-bond acceptors (Lipinski definition) is 2. The maximum Gasteiger partial charge on any atom is 0.255 e. The molecule has 0 saturated heterocycles. The Balaban J connectivity index is 0.00000162. The van der Waals surface area contributed by atoms with Gasteiger partial charge >= 0.3 is 0 Å². The maximum absolute atomic E-state index is 12.0. The van der Waals surface area contributed by atoms with Crippen LogP contribution in [0.5, 0.6) is 0 Å². The van der Waals surface area contributed by atoms with E-state index in [1.165, 1.54) is 0 Å². The average Bonchev–Trinajstić information content (AvgIpc) is 2.32. The van der Waals surface area contributed by atoms with E-state index in [1.54, 1.807) is 24.3 Å². The van der Waals surface area contributed by atoms with Gasteiger partial charge in [0.2, 0.25) is 0 Å². The van der Waals surface area contributed by atoms with Crippen LogP contribution in [0.2, 0.25) is 0 Å². The summed E-state index contributed by atoms with van der Waals surface area (Å²) in [4.78, 5) is 12.0. The zero-order valence-electron chi connectivity index (χ0n) is 10.0. The van der Waals surface area contributed by atoms with Gasteiger partial charge in [0, 0.05) is 16.9 Å². The molecule has 0 heterocycles. The van der Waals surface area contributed by atoms with Gasteiger partial charge in [-0.2, -0.15) is 0 Å². The number of hydrogen-bond donors (Lipinski definition) is 2. The zero-order valence-corrected chi connectivity index (χ0v) is 10.8. The lowest BCUT2D eigenvalue weighted by Crippen LogP contribution is -2.12. The standard InChI is InChI=1S/C14H14N2O.ClH/c1-10-5-2-3-8-13(10)16-14(17)11-6-4-7-12(15)9-11;/h2-9H,15H2,1H3,(H,16,17);1H. The lowest BCUT2D eigenvalue weighted by atomic mass is 10.1. The number of nitrogens with one attached hydrogen (secondary N) is 1. The van der Waals surface area contributed by atoms with Gasteiger partial charge in [-0.05, 0) is 36.8 Å². The topological polar surface area (TPSA) is 55.1 Å². The van der Waals surface area contributed by atoms with Gasteiger partial charge < -0.3 is 11.1 Å². The highest BCUT2D eigenvalue weighted by Crippen LogP contribution is 2.15. The van der Waals surface area contributed by atoms with Crippen molar-refractivity contribution in [1.29, 1.82) is 0 Å². The van der Waals surface area contributed by atoms with Gasteiger partial charge in [0.15, 0.2) is 0 Å². The molecule has 3 N–H and O–H groups in total. The number of amides is 1. The molecule has 0 unspecified atom stereocenters. The molecule has 0 saturated carbocycles. The maximum atomic E-state index is 12.0. The second kappa shape index (κ2) is 6.07. The molecular formula is C14H15ClN2O. The van der Waals surface area contributed by atoms with Crippen LogP contribution in [-0.2, 0) is 0 Å². The van der Waals surface area contributed by atoms with Crippen molar-refractivity contribution in [1.82, 2.24) is 0 Å². The first-order chi connectivity index (χ1) is 8.16. The van der Waals surface area contributed by atoms with Crippen molar-refractivity contribution >= 4 is 29.7 Å². The van der Waals surface area contributed by atoms with Crippen molar-refractivity contribution < 1.29 is 4.79 Å². The van der Waals surface area contributed by atoms with Crippen LogP contribution < -0.4 is 11.1 Å². The van der Waals surface area contributed by atoms with E-state index in [0.717, 1.165) is 11.3 Å². The highest BCUT2D eigenvalue weighted by molar-refractivity contribution is 6.05. The Bertz CT molecular complexity index is 555. The van der Waals surface area contributed by atoms with E-state index in [-0.39, 0.29) is 18.3 Å². The Labute approximate surface area is 112 Å².